The van der Waals surface area contributed by atoms with Gasteiger partial charge in [-0.15, -0.1) is 0 Å². The Morgan fingerprint density at radius 1 is 0.255 bits per heavy atom. The molecule has 9 heterocycles. The first-order valence-corrected chi connectivity index (χ1v) is 37.7. The lowest BCUT2D eigenvalue weighted by Gasteiger charge is -2.41. The zero-order valence-electron chi connectivity index (χ0n) is 61.1. The van der Waals surface area contributed by atoms with Crippen LogP contribution in [0.1, 0.15) is 72.2 Å². The summed E-state index contributed by atoms with van der Waals surface area (Å²) in [5.41, 5.74) is 21.5. The molecule has 0 radical (unpaired) electrons. The molecule has 0 saturated carbocycles. The summed E-state index contributed by atoms with van der Waals surface area (Å²) in [7, 11) is -0.432. The number of benzene rings is 10. The van der Waals surface area contributed by atoms with Crippen LogP contribution in [-0.4, -0.2) is 48.2 Å². The molecule has 12 heteroatoms. The van der Waals surface area contributed by atoms with Crippen LogP contribution in [0, 0.1) is 0 Å². The predicted molar refractivity (Wildman–Crippen MR) is 444 cm³/mol. The third-order valence-electron chi connectivity index (χ3n) is 21.2. The van der Waals surface area contributed by atoms with Gasteiger partial charge in [0, 0.05) is 51.5 Å². The minimum Gasteiger partial charge on any atom is -0.457 e. The van der Waals surface area contributed by atoms with Crippen molar-refractivity contribution in [3.05, 3.63) is 426 Å². The standard InChI is InChI=1S/C46H31N3O.C31H29BO3.C21H14BrN3/c1-2-17-36(18-3-1)46(38-20-4-6-24-44(38)50-45-25-7-5-21-39(45)46)37-19-13-16-34(29-37)32-14-12-15-33(28-32)35-30-42(40-22-8-10-26-47-40)49-43(31-35)41-23-9-11-27-48-41;1-29(2)30(3,4)35-32(34-29)24-16-12-15-23(21-24)31(22-13-6-5-7-14-22)25-17-8-10-19-27(25)33-28-20-11-9-18-26(28)31;22-17-7-5-6-15(12-17)16-13-20(18-8-1-3-10-23-18)25-21(14-16)19-9-2-4-11-24-19/h1-31H;5-21H,1-4H3;1-14H. The maximum atomic E-state index is 6.52. The van der Waals surface area contributed by atoms with Crippen LogP contribution in [0.4, 0.5) is 0 Å². The first kappa shape index (κ1) is 70.2. The molecule has 0 amide bonds. The van der Waals surface area contributed by atoms with Crippen molar-refractivity contribution >= 4 is 28.5 Å². The van der Waals surface area contributed by atoms with Gasteiger partial charge in [-0.25, -0.2) is 9.97 Å². The van der Waals surface area contributed by atoms with Gasteiger partial charge in [0.1, 0.15) is 23.0 Å². The number of hydrogen-bond acceptors (Lipinski definition) is 10. The van der Waals surface area contributed by atoms with Crippen molar-refractivity contribution in [1.82, 2.24) is 29.9 Å². The first-order chi connectivity index (χ1) is 53.9. The van der Waals surface area contributed by atoms with E-state index in [9.17, 15) is 0 Å². The Balaban J connectivity index is 0.000000128. The van der Waals surface area contributed by atoms with Crippen molar-refractivity contribution in [3.63, 3.8) is 0 Å². The number of rotatable bonds is 12. The summed E-state index contributed by atoms with van der Waals surface area (Å²) in [5.74, 6) is 3.48. The lowest BCUT2D eigenvalue weighted by atomic mass is 9.62. The van der Waals surface area contributed by atoms with Gasteiger partial charge in [-0.2, -0.15) is 0 Å². The molecule has 6 aromatic heterocycles. The van der Waals surface area contributed by atoms with Crippen molar-refractivity contribution in [2.75, 3.05) is 0 Å². The van der Waals surface area contributed by atoms with E-state index < -0.39 is 29.2 Å². The molecular formula is C98H74BBrN6O4. The zero-order chi connectivity index (χ0) is 74.7. The second-order valence-corrected chi connectivity index (χ2v) is 29.3. The summed E-state index contributed by atoms with van der Waals surface area (Å²) in [6.45, 7) is 8.36. The van der Waals surface area contributed by atoms with Crippen LogP contribution in [0.25, 0.3) is 78.9 Å². The van der Waals surface area contributed by atoms with Crippen LogP contribution in [0.3, 0.4) is 0 Å². The van der Waals surface area contributed by atoms with Crippen LogP contribution in [-0.2, 0) is 20.1 Å². The second-order valence-electron chi connectivity index (χ2n) is 28.4. The van der Waals surface area contributed by atoms with Gasteiger partial charge in [-0.1, -0.05) is 246 Å². The number of fused-ring (bicyclic) bond motifs is 4. The van der Waals surface area contributed by atoms with E-state index in [2.05, 4.69) is 306 Å². The highest BCUT2D eigenvalue weighted by molar-refractivity contribution is 9.10. The Morgan fingerprint density at radius 3 is 0.945 bits per heavy atom. The van der Waals surface area contributed by atoms with E-state index in [1.807, 2.05) is 109 Å². The van der Waals surface area contributed by atoms with E-state index in [0.717, 1.165) is 140 Å². The number of nitrogens with zero attached hydrogens (tertiary/aromatic N) is 6. The van der Waals surface area contributed by atoms with Gasteiger partial charge in [0.15, 0.2) is 0 Å². The van der Waals surface area contributed by atoms with Gasteiger partial charge in [0.05, 0.1) is 67.6 Å². The Kier molecular flexibility index (Phi) is 19.2. The molecular weight excluding hydrogens is 1420 g/mol. The van der Waals surface area contributed by atoms with Crippen LogP contribution in [0.15, 0.2) is 381 Å². The minimum absolute atomic E-state index is 0.400. The number of pyridine rings is 6. The van der Waals surface area contributed by atoms with Crippen LogP contribution in [0.2, 0.25) is 0 Å². The lowest BCUT2D eigenvalue weighted by molar-refractivity contribution is 0.00578. The van der Waals surface area contributed by atoms with Crippen LogP contribution >= 0.6 is 15.9 Å². The van der Waals surface area contributed by atoms with E-state index in [1.54, 1.807) is 24.8 Å². The zero-order valence-corrected chi connectivity index (χ0v) is 62.7. The summed E-state index contributed by atoms with van der Waals surface area (Å²) in [5, 5.41) is 0. The average molecular weight is 1490 g/mol. The third-order valence-corrected chi connectivity index (χ3v) is 21.7. The SMILES string of the molecule is Brc1cccc(-c2cc(-c3ccccn3)nc(-c3ccccn3)c2)c1.CC1(C)OB(c2cccc(C3(c4ccccc4)c4ccccc4Oc4ccccc43)c2)OC1(C)C.c1ccc(C2(c3cccc(-c4cccc(-c5cc(-c6ccccn6)nc(-c6ccccn6)c5)c4)c3)c3ccccc3Oc3ccccc32)cc1. The number of ether oxygens (including phenoxy) is 2. The van der Waals surface area contributed by atoms with Gasteiger partial charge in [0.25, 0.3) is 0 Å². The number of aromatic nitrogens is 6. The summed E-state index contributed by atoms with van der Waals surface area (Å²) >= 11 is 3.55. The molecule has 0 aliphatic carbocycles. The highest BCUT2D eigenvalue weighted by Crippen LogP contribution is 2.57. The van der Waals surface area contributed by atoms with Crippen LogP contribution in [0.5, 0.6) is 23.0 Å². The number of para-hydroxylation sites is 4. The molecule has 0 N–H and O–H groups in total. The van der Waals surface area contributed by atoms with Crippen molar-refractivity contribution in [2.45, 2.75) is 49.7 Å². The van der Waals surface area contributed by atoms with Gasteiger partial charge >= 0.3 is 7.12 Å². The summed E-state index contributed by atoms with van der Waals surface area (Å²) in [6.07, 6.45) is 7.16. The molecule has 10 nitrogen and oxygen atoms in total. The Labute approximate surface area is 650 Å². The van der Waals surface area contributed by atoms with Gasteiger partial charge in [-0.05, 0) is 210 Å². The number of hydrogen-bond donors (Lipinski definition) is 0. The molecule has 0 atom stereocenters. The van der Waals surface area contributed by atoms with Gasteiger partial charge in [0.2, 0.25) is 0 Å². The first-order valence-electron chi connectivity index (χ1n) is 36.9. The molecule has 1 saturated heterocycles. The van der Waals surface area contributed by atoms with E-state index in [-0.39, 0.29) is 0 Å². The van der Waals surface area contributed by atoms with E-state index in [4.69, 9.17) is 28.8 Å². The highest BCUT2D eigenvalue weighted by Gasteiger charge is 2.53. The molecule has 3 aliphatic rings. The molecule has 10 aromatic carbocycles. The molecule has 0 spiro atoms. The average Bonchev–Trinajstić information content (AvgIpc) is 0.909. The fraction of sp³-hybridized carbons (Fsp3) is 0.0816. The fourth-order valence-electron chi connectivity index (χ4n) is 15.3. The second kappa shape index (κ2) is 30.1. The molecule has 16 aromatic rings. The molecule has 0 bridgehead atoms. The summed E-state index contributed by atoms with van der Waals surface area (Å²) in [6, 6.07) is 121. The molecule has 1 fully saturated rings. The lowest BCUT2D eigenvalue weighted by Crippen LogP contribution is -2.41. The van der Waals surface area contributed by atoms with E-state index in [0.29, 0.717) is 0 Å². The van der Waals surface area contributed by atoms with Crippen molar-refractivity contribution in [1.29, 1.82) is 0 Å². The van der Waals surface area contributed by atoms with Gasteiger partial charge in [-0.3, -0.25) is 19.9 Å². The smallest absolute Gasteiger partial charge is 0.457 e. The predicted octanol–water partition coefficient (Wildman–Crippen LogP) is 23.1. The fourth-order valence-corrected chi connectivity index (χ4v) is 15.7. The molecule has 0 unspecified atom stereocenters. The van der Waals surface area contributed by atoms with Gasteiger partial charge < -0.3 is 18.8 Å². The number of halogens is 1. The largest absolute Gasteiger partial charge is 0.494 e. The van der Waals surface area contributed by atoms with E-state index in [1.165, 1.54) is 16.7 Å². The minimum atomic E-state index is -0.583. The van der Waals surface area contributed by atoms with Crippen molar-refractivity contribution in [2.24, 2.45) is 0 Å². The quantitative estimate of drug-likeness (QED) is 0.110. The molecule has 530 valence electrons. The molecule has 110 heavy (non-hydrogen) atoms. The summed E-state index contributed by atoms with van der Waals surface area (Å²) in [4.78, 5) is 27.9. The Hall–Kier alpha value is -12.8. The maximum absolute atomic E-state index is 6.52. The Morgan fingerprint density at radius 2 is 0.564 bits per heavy atom. The highest BCUT2D eigenvalue weighted by atomic mass is 79.9. The molecule has 19 rings (SSSR count). The Bertz CT molecular complexity index is 5760. The maximum Gasteiger partial charge on any atom is 0.494 e. The summed E-state index contributed by atoms with van der Waals surface area (Å²) < 4.78 is 26.8. The van der Waals surface area contributed by atoms with Crippen LogP contribution < -0.4 is 14.9 Å². The van der Waals surface area contributed by atoms with E-state index >= 15 is 0 Å². The molecule has 3 aliphatic heterocycles. The normalized spacial score (nSPS) is 14.2. The third kappa shape index (κ3) is 13.5. The van der Waals surface area contributed by atoms with Crippen molar-refractivity contribution in [3.8, 4) is 102 Å². The topological polar surface area (TPSA) is 114 Å². The monoisotopic (exact) mass is 1490 g/mol. The van der Waals surface area contributed by atoms with Crippen molar-refractivity contribution < 1.29 is 18.8 Å².